The van der Waals surface area contributed by atoms with Crippen LogP contribution in [0.5, 0.6) is 0 Å². The minimum absolute atomic E-state index is 0.00475. The Morgan fingerprint density at radius 2 is 2.07 bits per heavy atom. The average molecular weight is 418 g/mol. The van der Waals surface area contributed by atoms with Crippen LogP contribution in [0.2, 0.25) is 0 Å². The molecule has 1 saturated heterocycles. The quantitative estimate of drug-likeness (QED) is 0.794. The third-order valence-corrected chi connectivity index (χ3v) is 7.79. The fraction of sp³-hybridized carbons (Fsp3) is 0.643. The van der Waals surface area contributed by atoms with Gasteiger partial charge in [0.1, 0.15) is 0 Å². The Balaban J connectivity index is 1.41. The maximum Gasteiger partial charge on any atom is 0.276 e. The molecule has 4 heterocycles. The number of hydrogen-bond donors (Lipinski definition) is 1. The number of nitrogens with zero attached hydrogens (tertiary/aromatic N) is 5. The predicted octanol–water partition coefficient (Wildman–Crippen LogP) is 1.16. The van der Waals surface area contributed by atoms with Crippen LogP contribution in [0.15, 0.2) is 10.7 Å². The van der Waals surface area contributed by atoms with E-state index in [9.17, 15) is 17.2 Å². The molecule has 3 aliphatic rings. The van der Waals surface area contributed by atoms with E-state index in [1.165, 1.54) is 0 Å². The number of alkyl halides is 2. The summed E-state index contributed by atoms with van der Waals surface area (Å²) in [5.41, 5.74) is 0.265. The maximum absolute atomic E-state index is 14.7. The fourth-order valence-electron chi connectivity index (χ4n) is 4.22. The maximum atomic E-state index is 14.7. The van der Waals surface area contributed by atoms with Crippen LogP contribution in [-0.2, 0) is 21.8 Å². The van der Waals surface area contributed by atoms with Gasteiger partial charge in [0, 0.05) is 18.8 Å². The van der Waals surface area contributed by atoms with Crippen LogP contribution < -0.4 is 5.14 Å². The Hall–Kier alpha value is -1.57. The van der Waals surface area contributed by atoms with E-state index in [0.717, 1.165) is 21.6 Å². The monoisotopic (exact) mass is 418 g/mol. The van der Waals surface area contributed by atoms with Gasteiger partial charge in [0.25, 0.3) is 22.0 Å². The highest BCUT2D eigenvalue weighted by molar-refractivity contribution is 7.97. The lowest BCUT2D eigenvalue weighted by Crippen LogP contribution is -2.43. The number of piperidine rings is 1. The van der Waals surface area contributed by atoms with Crippen molar-refractivity contribution in [1.29, 1.82) is 0 Å². The first-order valence-corrected chi connectivity index (χ1v) is 11.0. The van der Waals surface area contributed by atoms with Gasteiger partial charge < -0.3 is 4.52 Å². The molecule has 0 unspecified atom stereocenters. The van der Waals surface area contributed by atoms with Gasteiger partial charge in [-0.1, -0.05) is 5.16 Å². The van der Waals surface area contributed by atoms with Crippen molar-refractivity contribution < 1.29 is 21.7 Å². The summed E-state index contributed by atoms with van der Waals surface area (Å²) < 4.78 is 60.3. The van der Waals surface area contributed by atoms with E-state index in [-0.39, 0.29) is 37.6 Å². The van der Waals surface area contributed by atoms with E-state index in [2.05, 4.69) is 15.2 Å². The Morgan fingerprint density at radius 1 is 1.33 bits per heavy atom. The predicted molar refractivity (Wildman–Crippen MR) is 90.8 cm³/mol. The smallest absolute Gasteiger partial charge is 0.276 e. The van der Waals surface area contributed by atoms with Gasteiger partial charge in [-0.05, 0) is 12.8 Å². The summed E-state index contributed by atoms with van der Waals surface area (Å²) in [6.45, 7) is -0.0758. The molecule has 2 aromatic rings. The Morgan fingerprint density at radius 3 is 2.78 bits per heavy atom. The molecule has 0 bridgehead atoms. The molecule has 9 nitrogen and oxygen atoms in total. The zero-order valence-corrected chi connectivity index (χ0v) is 15.6. The molecular weight excluding hydrogens is 402 g/mol. The standard InChI is InChI=1S/C14H16F2N6O3S2/c15-14(16)10(13(14)1-3-21(4-2-13)27(17,23)24)11-19-12(25-20-11)8-5-18-22-7-26-6-9(8)22/h5,10H,1-4,6-7H2,(H2,17,23,24)/t10-/m0/s1. The molecule has 146 valence electrons. The highest BCUT2D eigenvalue weighted by atomic mass is 32.2. The van der Waals surface area contributed by atoms with Crippen LogP contribution in [0.25, 0.3) is 11.5 Å². The highest BCUT2D eigenvalue weighted by Gasteiger charge is 2.82. The first-order valence-electron chi connectivity index (χ1n) is 8.36. The minimum atomic E-state index is -3.87. The normalized spacial score (nSPS) is 26.4. The summed E-state index contributed by atoms with van der Waals surface area (Å²) in [6, 6.07) is 0. The number of thioether (sulfide) groups is 1. The van der Waals surface area contributed by atoms with Gasteiger partial charge in [-0.25, -0.2) is 13.9 Å². The van der Waals surface area contributed by atoms with Crippen LogP contribution in [0, 0.1) is 5.41 Å². The van der Waals surface area contributed by atoms with E-state index >= 15 is 0 Å². The molecule has 5 rings (SSSR count). The van der Waals surface area contributed by atoms with Crippen LogP contribution in [0.3, 0.4) is 0 Å². The Kier molecular flexibility index (Phi) is 3.56. The first kappa shape index (κ1) is 17.5. The van der Waals surface area contributed by atoms with Crippen LogP contribution in [-0.4, -0.2) is 51.7 Å². The second-order valence-corrected chi connectivity index (χ2v) is 9.60. The molecule has 2 aromatic heterocycles. The van der Waals surface area contributed by atoms with E-state index < -0.39 is 27.5 Å². The van der Waals surface area contributed by atoms with Crippen molar-refractivity contribution in [3.05, 3.63) is 17.7 Å². The van der Waals surface area contributed by atoms with Gasteiger partial charge in [0.2, 0.25) is 0 Å². The Bertz CT molecular complexity index is 1010. The number of fused-ring (bicyclic) bond motifs is 1. The van der Waals surface area contributed by atoms with Crippen molar-refractivity contribution in [3.8, 4) is 11.5 Å². The van der Waals surface area contributed by atoms with Gasteiger partial charge in [-0.3, -0.25) is 4.68 Å². The molecule has 1 aliphatic carbocycles. The van der Waals surface area contributed by atoms with Crippen molar-refractivity contribution in [2.75, 3.05) is 13.1 Å². The number of aromatic nitrogens is 4. The molecular formula is C14H16F2N6O3S2. The fourth-order valence-corrected chi connectivity index (χ4v) is 5.90. The summed E-state index contributed by atoms with van der Waals surface area (Å²) >= 11 is 1.69. The molecule has 0 radical (unpaired) electrons. The number of hydrogen-bond acceptors (Lipinski definition) is 7. The first-order chi connectivity index (χ1) is 12.7. The molecule has 2 fully saturated rings. The largest absolute Gasteiger partial charge is 0.334 e. The van der Waals surface area contributed by atoms with Crippen molar-refractivity contribution in [2.24, 2.45) is 10.6 Å². The van der Waals surface area contributed by atoms with Crippen LogP contribution >= 0.6 is 11.8 Å². The summed E-state index contributed by atoms with van der Waals surface area (Å²) in [5, 5.41) is 13.1. The van der Waals surface area contributed by atoms with E-state index in [0.29, 0.717) is 5.56 Å². The van der Waals surface area contributed by atoms with Gasteiger partial charge in [-0.2, -0.15) is 22.8 Å². The lowest BCUT2D eigenvalue weighted by molar-refractivity contribution is 0.0411. The number of nitrogens with two attached hydrogens (primary N) is 1. The van der Waals surface area contributed by atoms with Crippen LogP contribution in [0.4, 0.5) is 8.78 Å². The van der Waals surface area contributed by atoms with E-state index in [4.69, 9.17) is 9.66 Å². The van der Waals surface area contributed by atoms with E-state index in [1.807, 2.05) is 4.68 Å². The second kappa shape index (κ2) is 5.49. The van der Waals surface area contributed by atoms with Crippen molar-refractivity contribution in [3.63, 3.8) is 0 Å². The molecule has 13 heteroatoms. The van der Waals surface area contributed by atoms with Crippen molar-refractivity contribution in [1.82, 2.24) is 24.2 Å². The molecule has 27 heavy (non-hydrogen) atoms. The zero-order valence-electron chi connectivity index (χ0n) is 14.0. The van der Waals surface area contributed by atoms with E-state index in [1.54, 1.807) is 18.0 Å². The van der Waals surface area contributed by atoms with Gasteiger partial charge >= 0.3 is 0 Å². The summed E-state index contributed by atoms with van der Waals surface area (Å²) in [5.74, 6) is -2.54. The third kappa shape index (κ3) is 2.41. The molecule has 1 atom stereocenters. The van der Waals surface area contributed by atoms with Crippen molar-refractivity contribution >= 4 is 22.0 Å². The zero-order chi connectivity index (χ0) is 19.0. The third-order valence-electron chi connectivity index (χ3n) is 5.80. The summed E-state index contributed by atoms with van der Waals surface area (Å²) in [7, 11) is -3.87. The SMILES string of the molecule is NS(=O)(=O)N1CCC2(CC1)[C@H](c1noc(-c3cnn4c3CSC4)n1)C2(F)F. The van der Waals surface area contributed by atoms with Gasteiger partial charge in [-0.15, -0.1) is 11.8 Å². The molecule has 1 spiro atoms. The molecule has 2 aliphatic heterocycles. The molecule has 0 aromatic carbocycles. The molecule has 0 amide bonds. The van der Waals surface area contributed by atoms with Gasteiger partial charge in [0.15, 0.2) is 5.82 Å². The van der Waals surface area contributed by atoms with Crippen molar-refractivity contribution in [2.45, 2.75) is 36.3 Å². The summed E-state index contributed by atoms with van der Waals surface area (Å²) in [6.07, 6.45) is 1.62. The van der Waals surface area contributed by atoms with Crippen LogP contribution in [0.1, 0.15) is 30.3 Å². The highest BCUT2D eigenvalue weighted by Crippen LogP contribution is 2.75. The average Bonchev–Trinajstić information content (AvgIpc) is 3.14. The molecule has 2 N–H and O–H groups in total. The lowest BCUT2D eigenvalue weighted by atomic mass is 9.91. The van der Waals surface area contributed by atoms with Gasteiger partial charge in [0.05, 0.1) is 34.7 Å². The number of rotatable bonds is 3. The number of halogens is 2. The lowest BCUT2D eigenvalue weighted by Gasteiger charge is -2.30. The molecule has 1 saturated carbocycles. The summed E-state index contributed by atoms with van der Waals surface area (Å²) in [4.78, 5) is 4.23. The second-order valence-electron chi connectivity index (χ2n) is 7.10. The Labute approximate surface area is 157 Å². The minimum Gasteiger partial charge on any atom is -0.334 e. The topological polar surface area (TPSA) is 120 Å².